The Balaban J connectivity index is 1.63. The first-order valence-corrected chi connectivity index (χ1v) is 6.70. The molecule has 1 aliphatic heterocycles. The highest BCUT2D eigenvalue weighted by atomic mass is 16.5. The third kappa shape index (κ3) is 2.07. The summed E-state index contributed by atoms with van der Waals surface area (Å²) >= 11 is 0. The molecule has 1 N–H and O–H groups in total. The Morgan fingerprint density at radius 3 is 2.53 bits per heavy atom. The Hall–Kier alpha value is -0.0800. The molecule has 2 aliphatic carbocycles. The van der Waals surface area contributed by atoms with Crippen LogP contribution in [-0.2, 0) is 4.74 Å². The summed E-state index contributed by atoms with van der Waals surface area (Å²) in [6.07, 6.45) is 9.93. The topological polar surface area (TPSA) is 21.3 Å². The van der Waals surface area contributed by atoms with Crippen molar-refractivity contribution in [2.45, 2.75) is 51.0 Å². The van der Waals surface area contributed by atoms with E-state index in [1.54, 1.807) is 0 Å². The summed E-state index contributed by atoms with van der Waals surface area (Å²) < 4.78 is 5.69. The van der Waals surface area contributed by atoms with Crippen LogP contribution in [0.25, 0.3) is 0 Å². The van der Waals surface area contributed by atoms with Crippen LogP contribution in [0.1, 0.15) is 44.9 Å². The van der Waals surface area contributed by atoms with E-state index in [1.807, 2.05) is 0 Å². The van der Waals surface area contributed by atoms with E-state index in [4.69, 9.17) is 4.74 Å². The molecule has 2 heteroatoms. The van der Waals surface area contributed by atoms with Gasteiger partial charge in [0.15, 0.2) is 0 Å². The van der Waals surface area contributed by atoms with E-state index in [-0.39, 0.29) is 0 Å². The maximum absolute atomic E-state index is 5.69. The Morgan fingerprint density at radius 1 is 1.13 bits per heavy atom. The average Bonchev–Trinajstić information content (AvgIpc) is 2.78. The van der Waals surface area contributed by atoms with Crippen molar-refractivity contribution in [3.8, 4) is 0 Å². The molecule has 0 aromatic heterocycles. The molecule has 0 amide bonds. The Labute approximate surface area is 92.8 Å². The fourth-order valence-corrected chi connectivity index (χ4v) is 3.40. The van der Waals surface area contributed by atoms with E-state index >= 15 is 0 Å². The molecule has 0 aromatic carbocycles. The second kappa shape index (κ2) is 4.06. The SMILES string of the molecule is C1CCC(C2(CNC3CC3)CCOC2)C1. The van der Waals surface area contributed by atoms with Crippen molar-refractivity contribution in [3.05, 3.63) is 0 Å². The van der Waals surface area contributed by atoms with Gasteiger partial charge in [-0.2, -0.15) is 0 Å². The normalized spacial score (nSPS) is 37.6. The summed E-state index contributed by atoms with van der Waals surface area (Å²) in [5.41, 5.74) is 0.513. The minimum atomic E-state index is 0.513. The first-order valence-electron chi connectivity index (χ1n) is 6.70. The predicted octanol–water partition coefficient (Wildman–Crippen LogP) is 2.34. The monoisotopic (exact) mass is 209 g/mol. The molecule has 3 rings (SSSR count). The van der Waals surface area contributed by atoms with E-state index in [9.17, 15) is 0 Å². The molecular weight excluding hydrogens is 186 g/mol. The summed E-state index contributed by atoms with van der Waals surface area (Å²) in [6.45, 7) is 3.25. The summed E-state index contributed by atoms with van der Waals surface area (Å²) in [4.78, 5) is 0. The summed E-state index contributed by atoms with van der Waals surface area (Å²) in [5.74, 6) is 0.950. The van der Waals surface area contributed by atoms with Gasteiger partial charge in [0.05, 0.1) is 6.61 Å². The smallest absolute Gasteiger partial charge is 0.0538 e. The standard InChI is InChI=1S/C13H23NO/c1-2-4-11(3-1)13(7-8-15-10-13)9-14-12-5-6-12/h11-12,14H,1-10H2. The van der Waals surface area contributed by atoms with Crippen LogP contribution < -0.4 is 5.32 Å². The summed E-state index contributed by atoms with van der Waals surface area (Å²) in [5, 5.41) is 3.74. The van der Waals surface area contributed by atoms with Gasteiger partial charge < -0.3 is 10.1 Å². The lowest BCUT2D eigenvalue weighted by molar-refractivity contribution is 0.105. The molecule has 2 nitrogen and oxygen atoms in total. The van der Waals surface area contributed by atoms with Crippen molar-refractivity contribution < 1.29 is 4.74 Å². The molecule has 1 atom stereocenters. The minimum Gasteiger partial charge on any atom is -0.381 e. The van der Waals surface area contributed by atoms with Crippen molar-refractivity contribution in [1.82, 2.24) is 5.32 Å². The van der Waals surface area contributed by atoms with E-state index in [0.29, 0.717) is 5.41 Å². The second-order valence-electron chi connectivity index (χ2n) is 5.80. The molecule has 86 valence electrons. The van der Waals surface area contributed by atoms with E-state index in [0.717, 1.165) is 25.2 Å². The van der Waals surface area contributed by atoms with E-state index in [1.165, 1.54) is 51.5 Å². The van der Waals surface area contributed by atoms with Crippen LogP contribution in [0.3, 0.4) is 0 Å². The molecule has 0 aromatic rings. The second-order valence-corrected chi connectivity index (χ2v) is 5.80. The molecule has 1 unspecified atom stereocenters. The van der Waals surface area contributed by atoms with Gasteiger partial charge in [-0.25, -0.2) is 0 Å². The zero-order valence-electron chi connectivity index (χ0n) is 9.63. The number of hydrogen-bond acceptors (Lipinski definition) is 2. The Kier molecular flexibility index (Phi) is 2.73. The van der Waals surface area contributed by atoms with Gasteiger partial charge >= 0.3 is 0 Å². The van der Waals surface area contributed by atoms with Gasteiger partial charge in [0, 0.05) is 24.6 Å². The Morgan fingerprint density at radius 2 is 1.93 bits per heavy atom. The van der Waals surface area contributed by atoms with Crippen molar-refractivity contribution in [3.63, 3.8) is 0 Å². The van der Waals surface area contributed by atoms with Crippen LogP contribution in [0.2, 0.25) is 0 Å². The van der Waals surface area contributed by atoms with Gasteiger partial charge in [-0.05, 0) is 38.0 Å². The van der Waals surface area contributed by atoms with Gasteiger partial charge in [-0.15, -0.1) is 0 Å². The molecule has 0 radical (unpaired) electrons. The van der Waals surface area contributed by atoms with Gasteiger partial charge in [-0.1, -0.05) is 12.8 Å². The quantitative estimate of drug-likeness (QED) is 0.767. The molecule has 15 heavy (non-hydrogen) atoms. The maximum Gasteiger partial charge on any atom is 0.0538 e. The van der Waals surface area contributed by atoms with Crippen LogP contribution >= 0.6 is 0 Å². The van der Waals surface area contributed by atoms with Crippen LogP contribution in [-0.4, -0.2) is 25.8 Å². The fourth-order valence-electron chi connectivity index (χ4n) is 3.40. The lowest BCUT2D eigenvalue weighted by Gasteiger charge is -2.34. The predicted molar refractivity (Wildman–Crippen MR) is 60.9 cm³/mol. The van der Waals surface area contributed by atoms with Crippen molar-refractivity contribution in [2.24, 2.45) is 11.3 Å². The molecule has 3 fully saturated rings. The highest BCUT2D eigenvalue weighted by Gasteiger charge is 2.43. The molecule has 1 saturated heterocycles. The van der Waals surface area contributed by atoms with Gasteiger partial charge in [0.1, 0.15) is 0 Å². The van der Waals surface area contributed by atoms with E-state index < -0.39 is 0 Å². The summed E-state index contributed by atoms with van der Waals surface area (Å²) in [7, 11) is 0. The first-order chi connectivity index (χ1) is 7.39. The van der Waals surface area contributed by atoms with Crippen molar-refractivity contribution >= 4 is 0 Å². The number of ether oxygens (including phenoxy) is 1. The lowest BCUT2D eigenvalue weighted by Crippen LogP contribution is -2.41. The maximum atomic E-state index is 5.69. The van der Waals surface area contributed by atoms with Crippen LogP contribution in [0.15, 0.2) is 0 Å². The minimum absolute atomic E-state index is 0.513. The summed E-state index contributed by atoms with van der Waals surface area (Å²) in [6, 6.07) is 0.851. The number of rotatable bonds is 4. The Bertz CT molecular complexity index is 213. The van der Waals surface area contributed by atoms with Crippen molar-refractivity contribution in [1.29, 1.82) is 0 Å². The van der Waals surface area contributed by atoms with Gasteiger partial charge in [0.2, 0.25) is 0 Å². The van der Waals surface area contributed by atoms with Crippen LogP contribution in [0.5, 0.6) is 0 Å². The molecule has 2 saturated carbocycles. The number of nitrogens with one attached hydrogen (secondary N) is 1. The highest BCUT2D eigenvalue weighted by molar-refractivity contribution is 4.95. The van der Waals surface area contributed by atoms with Crippen molar-refractivity contribution in [2.75, 3.05) is 19.8 Å². The van der Waals surface area contributed by atoms with Gasteiger partial charge in [-0.3, -0.25) is 0 Å². The largest absolute Gasteiger partial charge is 0.381 e. The van der Waals surface area contributed by atoms with Gasteiger partial charge in [0.25, 0.3) is 0 Å². The molecule has 0 spiro atoms. The highest BCUT2D eigenvalue weighted by Crippen LogP contribution is 2.45. The van der Waals surface area contributed by atoms with Crippen LogP contribution in [0.4, 0.5) is 0 Å². The molecule has 1 heterocycles. The first kappa shape index (κ1) is 10.1. The molecule has 3 aliphatic rings. The van der Waals surface area contributed by atoms with Crippen LogP contribution in [0, 0.1) is 11.3 Å². The lowest BCUT2D eigenvalue weighted by atomic mass is 9.73. The third-order valence-electron chi connectivity index (χ3n) is 4.68. The van der Waals surface area contributed by atoms with E-state index in [2.05, 4.69) is 5.32 Å². The fraction of sp³-hybridized carbons (Fsp3) is 1.00. The third-order valence-corrected chi connectivity index (χ3v) is 4.68. The molecule has 0 bridgehead atoms. The zero-order valence-corrected chi connectivity index (χ0v) is 9.63. The average molecular weight is 209 g/mol. The zero-order chi connectivity index (χ0) is 10.1. The molecular formula is C13H23NO. The number of hydrogen-bond donors (Lipinski definition) is 1.